The van der Waals surface area contributed by atoms with Crippen molar-refractivity contribution in [3.63, 3.8) is 0 Å². The molecule has 6 nitrogen and oxygen atoms in total. The fourth-order valence-corrected chi connectivity index (χ4v) is 4.29. The number of carbonyl (C=O) groups is 1. The number of hydrogen-bond donors (Lipinski definition) is 1. The van der Waals surface area contributed by atoms with E-state index in [0.29, 0.717) is 13.1 Å². The minimum absolute atomic E-state index is 0.0566. The van der Waals surface area contributed by atoms with E-state index in [4.69, 9.17) is 23.2 Å². The van der Waals surface area contributed by atoms with Crippen LogP contribution >= 0.6 is 23.2 Å². The van der Waals surface area contributed by atoms with Gasteiger partial charge in [-0.1, -0.05) is 23.2 Å². The zero-order valence-electron chi connectivity index (χ0n) is 12.9. The molecule has 0 aliphatic carbocycles. The van der Waals surface area contributed by atoms with Gasteiger partial charge in [0.2, 0.25) is 15.9 Å². The van der Waals surface area contributed by atoms with Crippen molar-refractivity contribution in [2.24, 2.45) is 0 Å². The molecule has 1 aromatic rings. The van der Waals surface area contributed by atoms with E-state index in [1.54, 1.807) is 4.90 Å². The molecule has 0 aromatic heterocycles. The highest BCUT2D eigenvalue weighted by Gasteiger charge is 2.28. The summed E-state index contributed by atoms with van der Waals surface area (Å²) >= 11 is 11.8. The molecule has 1 heterocycles. The van der Waals surface area contributed by atoms with Crippen LogP contribution in [0.5, 0.6) is 0 Å². The summed E-state index contributed by atoms with van der Waals surface area (Å²) in [6.45, 7) is 4.23. The number of carbonyl (C=O) groups excluding carboxylic acids is 1. The van der Waals surface area contributed by atoms with Crippen LogP contribution in [0.3, 0.4) is 0 Å². The molecule has 0 spiro atoms. The number of nitrogens with zero attached hydrogens (tertiary/aromatic N) is 2. The van der Waals surface area contributed by atoms with Crippen molar-refractivity contribution >= 4 is 39.1 Å². The van der Waals surface area contributed by atoms with E-state index in [1.807, 2.05) is 7.05 Å². The van der Waals surface area contributed by atoms with Gasteiger partial charge < -0.3 is 9.80 Å². The van der Waals surface area contributed by atoms with Crippen molar-refractivity contribution in [3.05, 3.63) is 28.2 Å². The third kappa shape index (κ3) is 4.58. The molecule has 1 aliphatic heterocycles. The average Bonchev–Trinajstić information content (AvgIpc) is 2.49. The van der Waals surface area contributed by atoms with Crippen LogP contribution in [-0.4, -0.2) is 63.4 Å². The molecule has 2 rings (SSSR count). The first kappa shape index (κ1) is 18.5. The summed E-state index contributed by atoms with van der Waals surface area (Å²) < 4.78 is 27.2. The average molecular weight is 380 g/mol. The molecule has 1 fully saturated rings. The zero-order valence-corrected chi connectivity index (χ0v) is 15.2. The number of likely N-dealkylation sites (N-methyl/N-ethyl adjacent to an activating group) is 1. The van der Waals surface area contributed by atoms with Gasteiger partial charge in [0.05, 0.1) is 11.1 Å². The second-order valence-electron chi connectivity index (χ2n) is 5.55. The second-order valence-corrected chi connectivity index (χ2v) is 8.07. The normalized spacial score (nSPS) is 18.0. The van der Waals surface area contributed by atoms with Crippen molar-refractivity contribution in [2.75, 3.05) is 33.2 Å². The lowest BCUT2D eigenvalue weighted by Crippen LogP contribution is -2.53. The zero-order chi connectivity index (χ0) is 17.2. The monoisotopic (exact) mass is 379 g/mol. The summed E-state index contributed by atoms with van der Waals surface area (Å²) in [5.74, 6) is -0.250. The molecule has 1 saturated heterocycles. The van der Waals surface area contributed by atoms with Crippen molar-refractivity contribution in [3.8, 4) is 0 Å². The fourth-order valence-electron chi connectivity index (χ4n) is 2.33. The van der Waals surface area contributed by atoms with E-state index in [0.717, 1.165) is 13.1 Å². The minimum atomic E-state index is -3.93. The van der Waals surface area contributed by atoms with E-state index in [-0.39, 0.29) is 20.8 Å². The van der Waals surface area contributed by atoms with E-state index in [9.17, 15) is 13.2 Å². The lowest BCUT2D eigenvalue weighted by Gasteiger charge is -2.34. The first-order valence-corrected chi connectivity index (χ1v) is 9.39. The number of piperazine rings is 1. The lowest BCUT2D eigenvalue weighted by molar-refractivity contribution is -0.134. The van der Waals surface area contributed by atoms with Crippen LogP contribution in [0.15, 0.2) is 23.1 Å². The molecule has 1 atom stereocenters. The molecule has 128 valence electrons. The number of rotatable bonds is 4. The van der Waals surface area contributed by atoms with Gasteiger partial charge >= 0.3 is 0 Å². The Labute approximate surface area is 146 Å². The summed E-state index contributed by atoms with van der Waals surface area (Å²) in [6, 6.07) is 3.30. The summed E-state index contributed by atoms with van der Waals surface area (Å²) in [6.07, 6.45) is 0. The third-order valence-corrected chi connectivity index (χ3v) is 5.96. The molecule has 1 N–H and O–H groups in total. The van der Waals surface area contributed by atoms with Crippen molar-refractivity contribution < 1.29 is 13.2 Å². The number of benzene rings is 1. The summed E-state index contributed by atoms with van der Waals surface area (Å²) in [5.41, 5.74) is 0. The molecule has 0 radical (unpaired) electrons. The minimum Gasteiger partial charge on any atom is -0.339 e. The van der Waals surface area contributed by atoms with Crippen LogP contribution in [0.25, 0.3) is 0 Å². The summed E-state index contributed by atoms with van der Waals surface area (Å²) in [4.78, 5) is 16.0. The van der Waals surface area contributed by atoms with Gasteiger partial charge in [-0.15, -0.1) is 0 Å². The predicted octanol–water partition coefficient (Wildman–Crippen LogP) is 1.43. The highest BCUT2D eigenvalue weighted by molar-refractivity contribution is 7.89. The van der Waals surface area contributed by atoms with Gasteiger partial charge in [0.25, 0.3) is 0 Å². The van der Waals surface area contributed by atoms with Gasteiger partial charge in [0.1, 0.15) is 4.90 Å². The summed E-state index contributed by atoms with van der Waals surface area (Å²) in [5, 5.41) is 0.314. The van der Waals surface area contributed by atoms with E-state index < -0.39 is 16.1 Å². The predicted molar refractivity (Wildman–Crippen MR) is 90.3 cm³/mol. The molecule has 23 heavy (non-hydrogen) atoms. The molecular formula is C14H19Cl2N3O3S. The van der Waals surface area contributed by atoms with Gasteiger partial charge in [-0.2, -0.15) is 4.72 Å². The number of sulfonamides is 1. The molecule has 1 aromatic carbocycles. The smallest absolute Gasteiger partial charge is 0.242 e. The molecular weight excluding hydrogens is 361 g/mol. The summed E-state index contributed by atoms with van der Waals surface area (Å²) in [7, 11) is -1.95. The Morgan fingerprint density at radius 1 is 1.22 bits per heavy atom. The number of nitrogens with one attached hydrogen (secondary N) is 1. The highest BCUT2D eigenvalue weighted by atomic mass is 35.5. The molecule has 0 unspecified atom stereocenters. The van der Waals surface area contributed by atoms with Gasteiger partial charge in [-0.3, -0.25) is 4.79 Å². The van der Waals surface area contributed by atoms with Crippen LogP contribution in [0.4, 0.5) is 0 Å². The van der Waals surface area contributed by atoms with Crippen LogP contribution in [0, 0.1) is 0 Å². The largest absolute Gasteiger partial charge is 0.339 e. The number of amides is 1. The first-order chi connectivity index (χ1) is 10.7. The van der Waals surface area contributed by atoms with E-state index >= 15 is 0 Å². The Hall–Kier alpha value is -0.860. The van der Waals surface area contributed by atoms with E-state index in [2.05, 4.69) is 9.62 Å². The van der Waals surface area contributed by atoms with Gasteiger partial charge in [0, 0.05) is 31.2 Å². The first-order valence-electron chi connectivity index (χ1n) is 7.15. The van der Waals surface area contributed by atoms with Crippen molar-refractivity contribution in [1.29, 1.82) is 0 Å². The molecule has 9 heteroatoms. The van der Waals surface area contributed by atoms with Gasteiger partial charge in [-0.05, 0) is 32.2 Å². The van der Waals surface area contributed by atoms with Gasteiger partial charge in [0.15, 0.2) is 0 Å². The topological polar surface area (TPSA) is 69.7 Å². The SMILES string of the molecule is C[C@H](NS(=O)(=O)c1cc(Cl)ccc1Cl)C(=O)N1CCN(C)CC1. The Morgan fingerprint density at radius 3 is 2.43 bits per heavy atom. The maximum absolute atomic E-state index is 12.4. The van der Waals surface area contributed by atoms with Crippen LogP contribution < -0.4 is 4.72 Å². The highest BCUT2D eigenvalue weighted by Crippen LogP contribution is 2.25. The fraction of sp³-hybridized carbons (Fsp3) is 0.500. The Bertz CT molecular complexity index is 689. The third-order valence-electron chi connectivity index (χ3n) is 3.70. The van der Waals surface area contributed by atoms with E-state index in [1.165, 1.54) is 25.1 Å². The molecule has 1 aliphatic rings. The Morgan fingerprint density at radius 2 is 1.83 bits per heavy atom. The second kappa shape index (κ2) is 7.36. The van der Waals surface area contributed by atoms with Crippen molar-refractivity contribution in [2.45, 2.75) is 17.9 Å². The van der Waals surface area contributed by atoms with Gasteiger partial charge in [-0.25, -0.2) is 8.42 Å². The number of halogens is 2. The van der Waals surface area contributed by atoms with Crippen molar-refractivity contribution in [1.82, 2.24) is 14.5 Å². The van der Waals surface area contributed by atoms with Crippen LogP contribution in [0.1, 0.15) is 6.92 Å². The van der Waals surface area contributed by atoms with Crippen LogP contribution in [-0.2, 0) is 14.8 Å². The molecule has 1 amide bonds. The molecule has 0 bridgehead atoms. The quantitative estimate of drug-likeness (QED) is 0.858. The Balaban J connectivity index is 2.10. The number of hydrogen-bond acceptors (Lipinski definition) is 4. The molecule has 0 saturated carbocycles. The maximum Gasteiger partial charge on any atom is 0.242 e. The lowest BCUT2D eigenvalue weighted by atomic mass is 10.2. The standard InChI is InChI=1S/C14H19Cl2N3O3S/c1-10(14(20)19-7-5-18(2)6-8-19)17-23(21,22)13-9-11(15)3-4-12(13)16/h3-4,9-10,17H,5-8H2,1-2H3/t10-/m0/s1. The Kier molecular flexibility index (Phi) is 5.91. The van der Waals surface area contributed by atoms with Crippen LogP contribution in [0.2, 0.25) is 10.0 Å². The maximum atomic E-state index is 12.4.